The van der Waals surface area contributed by atoms with Crippen LogP contribution in [0.2, 0.25) is 0 Å². The van der Waals surface area contributed by atoms with Crippen LogP contribution in [0.15, 0.2) is 28.9 Å². The molecular formula is C14H14BrNO2. The molecule has 1 aromatic carbocycles. The Morgan fingerprint density at radius 2 is 2.28 bits per heavy atom. The fourth-order valence-electron chi connectivity index (χ4n) is 2.05. The summed E-state index contributed by atoms with van der Waals surface area (Å²) in [6.07, 6.45) is 4.61. The predicted molar refractivity (Wildman–Crippen MR) is 73.4 cm³/mol. The lowest BCUT2D eigenvalue weighted by atomic mass is 10.1. The van der Waals surface area contributed by atoms with Gasteiger partial charge in [-0.2, -0.15) is 0 Å². The van der Waals surface area contributed by atoms with Crippen molar-refractivity contribution in [2.75, 3.05) is 6.61 Å². The van der Waals surface area contributed by atoms with Crippen molar-refractivity contribution in [1.29, 1.82) is 0 Å². The van der Waals surface area contributed by atoms with Crippen LogP contribution < -0.4 is 0 Å². The van der Waals surface area contributed by atoms with Crippen molar-refractivity contribution in [1.82, 2.24) is 4.98 Å². The van der Waals surface area contributed by atoms with Gasteiger partial charge in [-0.25, -0.2) is 0 Å². The molecule has 0 aliphatic heterocycles. The SMILES string of the molecule is O=C(Cc1c[nH]c2cccc(Br)c12)OCC1CC1. The third kappa shape index (κ3) is 2.43. The summed E-state index contributed by atoms with van der Waals surface area (Å²) in [5.41, 5.74) is 2.02. The zero-order valence-electron chi connectivity index (χ0n) is 9.91. The maximum atomic E-state index is 11.7. The molecule has 3 nitrogen and oxygen atoms in total. The highest BCUT2D eigenvalue weighted by molar-refractivity contribution is 9.10. The number of benzene rings is 1. The number of halogens is 1. The van der Waals surface area contributed by atoms with Crippen molar-refractivity contribution >= 4 is 32.8 Å². The summed E-state index contributed by atoms with van der Waals surface area (Å²) in [5, 5.41) is 1.07. The van der Waals surface area contributed by atoms with E-state index in [1.807, 2.05) is 24.4 Å². The molecule has 0 amide bonds. The molecule has 94 valence electrons. The maximum absolute atomic E-state index is 11.7. The molecule has 4 heteroatoms. The maximum Gasteiger partial charge on any atom is 0.310 e. The standard InChI is InChI=1S/C14H14BrNO2/c15-11-2-1-3-12-14(11)10(7-16-12)6-13(17)18-8-9-4-5-9/h1-3,7,9,16H,4-6,8H2. The molecular weight excluding hydrogens is 294 g/mol. The minimum absolute atomic E-state index is 0.140. The van der Waals surface area contributed by atoms with E-state index < -0.39 is 0 Å². The molecule has 0 bridgehead atoms. The number of carbonyl (C=O) groups is 1. The number of fused-ring (bicyclic) bond motifs is 1. The number of aromatic nitrogens is 1. The van der Waals surface area contributed by atoms with Crippen LogP contribution in [-0.2, 0) is 16.0 Å². The minimum atomic E-state index is -0.140. The average molecular weight is 308 g/mol. The zero-order valence-corrected chi connectivity index (χ0v) is 11.5. The lowest BCUT2D eigenvalue weighted by Crippen LogP contribution is -2.09. The molecule has 3 rings (SSSR count). The monoisotopic (exact) mass is 307 g/mol. The lowest BCUT2D eigenvalue weighted by molar-refractivity contribution is -0.143. The summed E-state index contributed by atoms with van der Waals surface area (Å²) in [6.45, 7) is 0.586. The van der Waals surface area contributed by atoms with Crippen molar-refractivity contribution in [2.24, 2.45) is 5.92 Å². The van der Waals surface area contributed by atoms with Gasteiger partial charge < -0.3 is 9.72 Å². The van der Waals surface area contributed by atoms with E-state index in [9.17, 15) is 4.79 Å². The number of ether oxygens (including phenoxy) is 1. The van der Waals surface area contributed by atoms with Crippen LogP contribution in [0, 0.1) is 5.92 Å². The molecule has 18 heavy (non-hydrogen) atoms. The highest BCUT2D eigenvalue weighted by Gasteiger charge is 2.23. The molecule has 1 aliphatic carbocycles. The summed E-state index contributed by atoms with van der Waals surface area (Å²) in [7, 11) is 0. The molecule has 1 saturated carbocycles. The first-order valence-corrected chi connectivity index (χ1v) is 6.93. The first-order valence-electron chi connectivity index (χ1n) is 6.14. The highest BCUT2D eigenvalue weighted by Crippen LogP contribution is 2.30. The molecule has 1 heterocycles. The summed E-state index contributed by atoms with van der Waals surface area (Å²) in [4.78, 5) is 14.9. The van der Waals surface area contributed by atoms with E-state index >= 15 is 0 Å². The molecule has 0 radical (unpaired) electrons. The molecule has 0 atom stereocenters. The van der Waals surface area contributed by atoms with Gasteiger partial charge in [0.15, 0.2) is 0 Å². The quantitative estimate of drug-likeness (QED) is 0.879. The van der Waals surface area contributed by atoms with E-state index in [1.165, 1.54) is 12.8 Å². The summed E-state index contributed by atoms with van der Waals surface area (Å²) in [6, 6.07) is 5.95. The van der Waals surface area contributed by atoms with Gasteiger partial charge >= 0.3 is 5.97 Å². The van der Waals surface area contributed by atoms with Gasteiger partial charge in [-0.1, -0.05) is 22.0 Å². The molecule has 1 fully saturated rings. The second-order valence-corrected chi connectivity index (χ2v) is 5.63. The van der Waals surface area contributed by atoms with Crippen LogP contribution >= 0.6 is 15.9 Å². The number of hydrogen-bond acceptors (Lipinski definition) is 2. The largest absolute Gasteiger partial charge is 0.465 e. The Kier molecular flexibility index (Phi) is 3.12. The van der Waals surface area contributed by atoms with Crippen LogP contribution in [0.1, 0.15) is 18.4 Å². The Balaban J connectivity index is 1.75. The summed E-state index contributed by atoms with van der Waals surface area (Å²) < 4.78 is 6.27. The first kappa shape index (κ1) is 11.8. The van der Waals surface area contributed by atoms with Gasteiger partial charge in [0.1, 0.15) is 0 Å². The number of rotatable bonds is 4. The second-order valence-electron chi connectivity index (χ2n) is 4.78. The topological polar surface area (TPSA) is 42.1 Å². The van der Waals surface area contributed by atoms with Crippen molar-refractivity contribution in [2.45, 2.75) is 19.3 Å². The predicted octanol–water partition coefficient (Wildman–Crippen LogP) is 3.43. The van der Waals surface area contributed by atoms with Gasteiger partial charge in [-0.3, -0.25) is 4.79 Å². The van der Waals surface area contributed by atoms with E-state index in [-0.39, 0.29) is 5.97 Å². The van der Waals surface area contributed by atoms with Gasteiger partial charge in [0.25, 0.3) is 0 Å². The second kappa shape index (κ2) is 4.76. The van der Waals surface area contributed by atoms with Crippen LogP contribution in [0.25, 0.3) is 10.9 Å². The molecule has 1 aliphatic rings. The van der Waals surface area contributed by atoms with Crippen LogP contribution in [0.4, 0.5) is 0 Å². The summed E-state index contributed by atoms with van der Waals surface area (Å²) >= 11 is 3.52. The third-order valence-electron chi connectivity index (χ3n) is 3.25. The number of nitrogens with one attached hydrogen (secondary N) is 1. The van der Waals surface area contributed by atoms with Gasteiger partial charge in [0.2, 0.25) is 0 Å². The smallest absolute Gasteiger partial charge is 0.310 e. The number of hydrogen-bond donors (Lipinski definition) is 1. The molecule has 2 aromatic rings. The Hall–Kier alpha value is -1.29. The molecule has 0 spiro atoms. The van der Waals surface area contributed by atoms with Gasteiger partial charge in [0.05, 0.1) is 13.0 Å². The zero-order chi connectivity index (χ0) is 12.5. The van der Waals surface area contributed by atoms with E-state index in [0.717, 1.165) is 20.9 Å². The fourth-order valence-corrected chi connectivity index (χ4v) is 2.67. The van der Waals surface area contributed by atoms with E-state index in [4.69, 9.17) is 4.74 Å². The number of H-pyrrole nitrogens is 1. The summed E-state index contributed by atoms with van der Waals surface area (Å²) in [5.74, 6) is 0.474. The highest BCUT2D eigenvalue weighted by atomic mass is 79.9. The van der Waals surface area contributed by atoms with E-state index in [0.29, 0.717) is 18.9 Å². The van der Waals surface area contributed by atoms with Gasteiger partial charge in [0, 0.05) is 21.6 Å². The number of aromatic amines is 1. The lowest BCUT2D eigenvalue weighted by Gasteiger charge is -2.03. The number of carbonyl (C=O) groups excluding carboxylic acids is 1. The van der Waals surface area contributed by atoms with E-state index in [1.54, 1.807) is 0 Å². The Bertz CT molecular complexity index is 586. The fraction of sp³-hybridized carbons (Fsp3) is 0.357. The molecule has 0 unspecified atom stereocenters. The Morgan fingerprint density at radius 1 is 1.44 bits per heavy atom. The molecule has 1 aromatic heterocycles. The molecule has 0 saturated heterocycles. The van der Waals surface area contributed by atoms with Crippen molar-refractivity contribution in [3.63, 3.8) is 0 Å². The van der Waals surface area contributed by atoms with Crippen molar-refractivity contribution in [3.05, 3.63) is 34.4 Å². The van der Waals surface area contributed by atoms with Crippen molar-refractivity contribution in [3.8, 4) is 0 Å². The van der Waals surface area contributed by atoms with Crippen LogP contribution in [0.3, 0.4) is 0 Å². The van der Waals surface area contributed by atoms with Crippen LogP contribution in [-0.4, -0.2) is 17.6 Å². The van der Waals surface area contributed by atoms with Crippen LogP contribution in [0.5, 0.6) is 0 Å². The van der Waals surface area contributed by atoms with Crippen molar-refractivity contribution < 1.29 is 9.53 Å². The Labute approximate surface area is 114 Å². The van der Waals surface area contributed by atoms with E-state index in [2.05, 4.69) is 20.9 Å². The average Bonchev–Trinajstić information content (AvgIpc) is 3.09. The number of esters is 1. The third-order valence-corrected chi connectivity index (χ3v) is 3.91. The van der Waals surface area contributed by atoms with Gasteiger partial charge in [-0.15, -0.1) is 0 Å². The first-order chi connectivity index (χ1) is 8.74. The minimum Gasteiger partial charge on any atom is -0.465 e. The Morgan fingerprint density at radius 3 is 3.06 bits per heavy atom. The molecule has 1 N–H and O–H groups in total. The normalized spacial score (nSPS) is 14.9. The van der Waals surface area contributed by atoms with Gasteiger partial charge in [-0.05, 0) is 36.5 Å².